The molecule has 0 saturated carbocycles. The molecule has 0 spiro atoms. The van der Waals surface area contributed by atoms with E-state index in [4.69, 9.17) is 4.52 Å². The molecule has 4 heterocycles. The lowest BCUT2D eigenvalue weighted by molar-refractivity contribution is -0.128. The minimum atomic E-state index is -0.0365. The molecule has 4 rings (SSSR count). The van der Waals surface area contributed by atoms with E-state index in [9.17, 15) is 4.79 Å². The largest absolute Gasteiger partial charge is 0.339 e. The summed E-state index contributed by atoms with van der Waals surface area (Å²) in [4.78, 5) is 23.7. The van der Waals surface area contributed by atoms with Gasteiger partial charge in [-0.2, -0.15) is 4.98 Å². The third-order valence-corrected chi connectivity index (χ3v) is 4.73. The second-order valence-electron chi connectivity index (χ2n) is 5.45. The van der Waals surface area contributed by atoms with Crippen LogP contribution < -0.4 is 0 Å². The average molecular weight is 326 g/mol. The van der Waals surface area contributed by atoms with Crippen molar-refractivity contribution in [2.24, 2.45) is 0 Å². The molecule has 1 amide bonds. The van der Waals surface area contributed by atoms with Crippen molar-refractivity contribution >= 4 is 17.2 Å². The van der Waals surface area contributed by atoms with E-state index >= 15 is 0 Å². The Morgan fingerprint density at radius 2 is 2.17 bits per heavy atom. The Hall–Kier alpha value is -2.54. The summed E-state index contributed by atoms with van der Waals surface area (Å²) < 4.78 is 5.38. The predicted octanol–water partition coefficient (Wildman–Crippen LogP) is 2.71. The molecule has 7 heteroatoms. The van der Waals surface area contributed by atoms with Crippen LogP contribution in [-0.4, -0.2) is 32.5 Å². The molecule has 1 unspecified atom stereocenters. The highest BCUT2D eigenvalue weighted by Crippen LogP contribution is 2.30. The second kappa shape index (κ2) is 5.92. The molecule has 3 aromatic rings. The summed E-state index contributed by atoms with van der Waals surface area (Å²) in [7, 11) is 0. The van der Waals surface area contributed by atoms with Gasteiger partial charge in [0.1, 0.15) is 0 Å². The van der Waals surface area contributed by atoms with Crippen molar-refractivity contribution in [1.82, 2.24) is 20.0 Å². The molecule has 1 fully saturated rings. The molecular formula is C16H14N4O2S. The third-order valence-electron chi connectivity index (χ3n) is 3.87. The first-order valence-electron chi connectivity index (χ1n) is 7.34. The minimum absolute atomic E-state index is 0.0365. The van der Waals surface area contributed by atoms with Crippen LogP contribution in [0.5, 0.6) is 0 Å². The van der Waals surface area contributed by atoms with Gasteiger partial charge in [-0.05, 0) is 23.6 Å². The van der Waals surface area contributed by atoms with Gasteiger partial charge in [0.25, 0.3) is 0 Å². The van der Waals surface area contributed by atoms with Crippen LogP contribution in [-0.2, 0) is 11.3 Å². The number of hydrogen-bond acceptors (Lipinski definition) is 6. The van der Waals surface area contributed by atoms with Crippen LogP contribution in [0.15, 0.2) is 46.6 Å². The molecule has 1 aliphatic rings. The highest BCUT2D eigenvalue weighted by atomic mass is 32.1. The standard InChI is InChI=1S/C16H14N4O2S/c21-14-8-12(9-20(14)10-13-2-1-7-23-13)16-18-15(19-22-16)11-3-5-17-6-4-11/h1-7,12H,8-10H2. The lowest BCUT2D eigenvalue weighted by Gasteiger charge is -2.14. The van der Waals surface area contributed by atoms with Crippen molar-refractivity contribution in [3.63, 3.8) is 0 Å². The van der Waals surface area contributed by atoms with E-state index in [0.29, 0.717) is 31.2 Å². The zero-order valence-corrected chi connectivity index (χ0v) is 13.1. The zero-order chi connectivity index (χ0) is 15.6. The normalized spacial score (nSPS) is 17.8. The van der Waals surface area contributed by atoms with E-state index in [2.05, 4.69) is 15.1 Å². The highest BCUT2D eigenvalue weighted by Gasteiger charge is 2.34. The first-order chi connectivity index (χ1) is 11.3. The van der Waals surface area contributed by atoms with Gasteiger partial charge in [-0.3, -0.25) is 9.78 Å². The van der Waals surface area contributed by atoms with Crippen LogP contribution in [0.1, 0.15) is 23.1 Å². The van der Waals surface area contributed by atoms with E-state index < -0.39 is 0 Å². The van der Waals surface area contributed by atoms with Gasteiger partial charge in [-0.1, -0.05) is 11.2 Å². The molecule has 1 atom stereocenters. The fourth-order valence-corrected chi connectivity index (χ4v) is 3.42. The summed E-state index contributed by atoms with van der Waals surface area (Å²) in [6.45, 7) is 1.27. The van der Waals surface area contributed by atoms with Gasteiger partial charge in [0.2, 0.25) is 17.6 Å². The van der Waals surface area contributed by atoms with Crippen molar-refractivity contribution in [3.05, 3.63) is 52.8 Å². The molecule has 116 valence electrons. The van der Waals surface area contributed by atoms with Gasteiger partial charge < -0.3 is 9.42 Å². The Bertz CT molecular complexity index is 801. The number of hydrogen-bond donors (Lipinski definition) is 0. The maximum absolute atomic E-state index is 12.2. The van der Waals surface area contributed by atoms with Gasteiger partial charge >= 0.3 is 0 Å². The van der Waals surface area contributed by atoms with E-state index in [-0.39, 0.29) is 11.8 Å². The van der Waals surface area contributed by atoms with E-state index in [1.807, 2.05) is 34.5 Å². The molecule has 0 aromatic carbocycles. The quantitative estimate of drug-likeness (QED) is 0.737. The molecule has 1 saturated heterocycles. The van der Waals surface area contributed by atoms with Crippen molar-refractivity contribution in [1.29, 1.82) is 0 Å². The Morgan fingerprint density at radius 3 is 2.96 bits per heavy atom. The molecule has 1 aliphatic heterocycles. The number of thiophene rings is 1. The summed E-state index contributed by atoms with van der Waals surface area (Å²) in [5, 5.41) is 6.04. The van der Waals surface area contributed by atoms with Crippen LogP contribution >= 0.6 is 11.3 Å². The fraction of sp³-hybridized carbons (Fsp3) is 0.250. The topological polar surface area (TPSA) is 72.1 Å². The molecular weight excluding hydrogens is 312 g/mol. The Labute approximate surface area is 136 Å². The van der Waals surface area contributed by atoms with Crippen molar-refractivity contribution in [2.45, 2.75) is 18.9 Å². The van der Waals surface area contributed by atoms with Gasteiger partial charge in [-0.15, -0.1) is 11.3 Å². The SMILES string of the molecule is O=C1CC(c2nc(-c3ccncc3)no2)CN1Cc1cccs1. The van der Waals surface area contributed by atoms with Crippen LogP contribution in [0.25, 0.3) is 11.4 Å². The average Bonchev–Trinajstić information content (AvgIpc) is 3.31. The van der Waals surface area contributed by atoms with E-state index in [1.54, 1.807) is 23.7 Å². The first kappa shape index (κ1) is 14.1. The Morgan fingerprint density at radius 1 is 1.30 bits per heavy atom. The molecule has 0 aliphatic carbocycles. The maximum atomic E-state index is 12.2. The monoisotopic (exact) mass is 326 g/mol. The maximum Gasteiger partial charge on any atom is 0.232 e. The molecule has 0 radical (unpaired) electrons. The van der Waals surface area contributed by atoms with Gasteiger partial charge in [0, 0.05) is 35.8 Å². The Balaban J connectivity index is 1.49. The number of carbonyl (C=O) groups excluding carboxylic acids is 1. The lowest BCUT2D eigenvalue weighted by Crippen LogP contribution is -2.23. The van der Waals surface area contributed by atoms with Crippen molar-refractivity contribution < 1.29 is 9.32 Å². The number of pyridine rings is 1. The number of rotatable bonds is 4. The smallest absolute Gasteiger partial charge is 0.232 e. The second-order valence-corrected chi connectivity index (χ2v) is 6.48. The van der Waals surface area contributed by atoms with E-state index in [1.165, 1.54) is 4.88 Å². The molecule has 0 N–H and O–H groups in total. The lowest BCUT2D eigenvalue weighted by atomic mass is 10.1. The third kappa shape index (κ3) is 2.87. The fourth-order valence-electron chi connectivity index (χ4n) is 2.70. The van der Waals surface area contributed by atoms with E-state index in [0.717, 1.165) is 5.56 Å². The van der Waals surface area contributed by atoms with Crippen LogP contribution in [0.2, 0.25) is 0 Å². The van der Waals surface area contributed by atoms with Gasteiger partial charge in [0.15, 0.2) is 0 Å². The number of carbonyl (C=O) groups is 1. The van der Waals surface area contributed by atoms with Crippen molar-refractivity contribution in [3.8, 4) is 11.4 Å². The van der Waals surface area contributed by atoms with Gasteiger partial charge in [0.05, 0.1) is 12.5 Å². The molecule has 3 aromatic heterocycles. The van der Waals surface area contributed by atoms with Crippen LogP contribution in [0.3, 0.4) is 0 Å². The summed E-state index contributed by atoms with van der Waals surface area (Å²) in [6.07, 6.45) is 3.80. The van der Waals surface area contributed by atoms with Crippen LogP contribution in [0.4, 0.5) is 0 Å². The number of amides is 1. The molecule has 23 heavy (non-hydrogen) atoms. The van der Waals surface area contributed by atoms with Gasteiger partial charge in [-0.25, -0.2) is 0 Å². The predicted molar refractivity (Wildman–Crippen MR) is 84.6 cm³/mol. The molecule has 6 nitrogen and oxygen atoms in total. The Kier molecular flexibility index (Phi) is 3.63. The number of aromatic nitrogens is 3. The highest BCUT2D eigenvalue weighted by molar-refractivity contribution is 7.09. The molecule has 0 bridgehead atoms. The first-order valence-corrected chi connectivity index (χ1v) is 8.22. The summed E-state index contributed by atoms with van der Waals surface area (Å²) in [5.74, 6) is 1.16. The number of nitrogens with zero attached hydrogens (tertiary/aromatic N) is 4. The summed E-state index contributed by atoms with van der Waals surface area (Å²) in [5.41, 5.74) is 0.856. The van der Waals surface area contributed by atoms with Crippen LogP contribution in [0, 0.1) is 0 Å². The van der Waals surface area contributed by atoms with Crippen molar-refractivity contribution in [2.75, 3.05) is 6.54 Å². The summed E-state index contributed by atoms with van der Waals surface area (Å²) >= 11 is 1.66. The zero-order valence-electron chi connectivity index (χ0n) is 12.3. The summed E-state index contributed by atoms with van der Waals surface area (Å²) in [6, 6.07) is 7.70. The minimum Gasteiger partial charge on any atom is -0.339 e. The number of likely N-dealkylation sites (tertiary alicyclic amines) is 1.